The van der Waals surface area contributed by atoms with Crippen molar-refractivity contribution in [2.75, 3.05) is 12.3 Å². The third kappa shape index (κ3) is 2.59. The second-order valence-corrected chi connectivity index (χ2v) is 4.50. The number of aliphatic hydroxyl groups is 3. The Labute approximate surface area is 139 Å². The van der Waals surface area contributed by atoms with Gasteiger partial charge in [-0.2, -0.15) is 4.98 Å². The average molecular weight is 307 g/mol. The normalized spacial score (nSPS) is 28.7. The predicted molar refractivity (Wildman–Crippen MR) is 72.7 cm³/mol. The van der Waals surface area contributed by atoms with Gasteiger partial charge in [0, 0.05) is 0 Å². The van der Waals surface area contributed by atoms with Crippen LogP contribution in [0.2, 0.25) is 0 Å². The second-order valence-electron chi connectivity index (χ2n) is 4.50. The van der Waals surface area contributed by atoms with Crippen LogP contribution < -0.4 is 11.3 Å². The zero-order valence-electron chi connectivity index (χ0n) is 10.2. The molecular formula is C10H14N5NaO5. The number of fused-ring (bicyclic) bond motifs is 1. The summed E-state index contributed by atoms with van der Waals surface area (Å²) < 4.78 is 6.64. The summed E-state index contributed by atoms with van der Waals surface area (Å²) in [7, 11) is 0. The summed E-state index contributed by atoms with van der Waals surface area (Å²) >= 11 is 0. The van der Waals surface area contributed by atoms with Crippen molar-refractivity contribution >= 4 is 46.7 Å². The van der Waals surface area contributed by atoms with Gasteiger partial charge >= 0.3 is 29.6 Å². The van der Waals surface area contributed by atoms with Crippen LogP contribution in [0.15, 0.2) is 11.1 Å². The molecule has 0 radical (unpaired) electrons. The van der Waals surface area contributed by atoms with Crippen LogP contribution in [-0.4, -0.2) is 89.3 Å². The minimum absolute atomic E-state index is 0. The summed E-state index contributed by atoms with van der Waals surface area (Å²) in [6.07, 6.45) is -3.21. The van der Waals surface area contributed by atoms with E-state index in [2.05, 4.69) is 15.0 Å². The molecule has 3 rings (SSSR count). The number of nitrogens with zero attached hydrogens (tertiary/aromatic N) is 3. The molecule has 11 heteroatoms. The van der Waals surface area contributed by atoms with Gasteiger partial charge in [-0.3, -0.25) is 14.3 Å². The van der Waals surface area contributed by atoms with Gasteiger partial charge < -0.3 is 25.8 Å². The molecule has 6 N–H and O–H groups in total. The number of anilines is 1. The third-order valence-corrected chi connectivity index (χ3v) is 3.24. The first-order valence-electron chi connectivity index (χ1n) is 5.87. The molecule has 0 amide bonds. The monoisotopic (exact) mass is 307 g/mol. The number of rotatable bonds is 2. The van der Waals surface area contributed by atoms with E-state index in [0.717, 1.165) is 0 Å². The van der Waals surface area contributed by atoms with Gasteiger partial charge in [-0.25, -0.2) is 4.98 Å². The van der Waals surface area contributed by atoms with Crippen LogP contribution in [0.5, 0.6) is 0 Å². The quantitative estimate of drug-likeness (QED) is 0.360. The molecule has 0 aliphatic carbocycles. The number of aromatic amines is 1. The van der Waals surface area contributed by atoms with Gasteiger partial charge in [0.15, 0.2) is 17.4 Å². The van der Waals surface area contributed by atoms with Crippen LogP contribution in [-0.2, 0) is 4.74 Å². The Hall–Kier alpha value is -1.01. The van der Waals surface area contributed by atoms with Crippen LogP contribution in [0.1, 0.15) is 6.23 Å². The number of nitrogens with one attached hydrogen (secondary N) is 1. The Kier molecular flexibility index (Phi) is 4.68. The molecule has 2 aromatic heterocycles. The number of hydrogen-bond donors (Lipinski definition) is 5. The molecule has 110 valence electrons. The molecule has 0 bridgehead atoms. The topological polar surface area (TPSA) is 160 Å². The number of nitrogen functional groups attached to an aromatic ring is 1. The van der Waals surface area contributed by atoms with E-state index in [9.17, 15) is 15.0 Å². The molecular weight excluding hydrogens is 293 g/mol. The molecule has 1 aliphatic rings. The van der Waals surface area contributed by atoms with Gasteiger partial charge in [0.05, 0.1) is 12.9 Å². The van der Waals surface area contributed by atoms with Crippen molar-refractivity contribution in [2.45, 2.75) is 24.5 Å². The van der Waals surface area contributed by atoms with Crippen LogP contribution in [0.3, 0.4) is 0 Å². The number of ether oxygens (including phenoxy) is 1. The van der Waals surface area contributed by atoms with Crippen LogP contribution in [0.4, 0.5) is 5.95 Å². The Morgan fingerprint density at radius 3 is 2.76 bits per heavy atom. The number of aliphatic hydroxyl groups excluding tert-OH is 3. The predicted octanol–water partition coefficient (Wildman–Crippen LogP) is -3.34. The van der Waals surface area contributed by atoms with Crippen molar-refractivity contribution in [3.63, 3.8) is 0 Å². The molecule has 0 unspecified atom stereocenters. The number of imidazole rings is 1. The van der Waals surface area contributed by atoms with E-state index in [1.54, 1.807) is 0 Å². The van der Waals surface area contributed by atoms with Crippen LogP contribution in [0, 0.1) is 0 Å². The molecule has 21 heavy (non-hydrogen) atoms. The molecule has 10 nitrogen and oxygen atoms in total. The van der Waals surface area contributed by atoms with Crippen molar-refractivity contribution < 1.29 is 20.1 Å². The first-order valence-corrected chi connectivity index (χ1v) is 5.87. The molecule has 2 aromatic rings. The van der Waals surface area contributed by atoms with Gasteiger partial charge in [0.2, 0.25) is 5.95 Å². The summed E-state index contributed by atoms with van der Waals surface area (Å²) in [5, 5.41) is 28.7. The summed E-state index contributed by atoms with van der Waals surface area (Å²) in [6.45, 7) is -0.447. The number of H-pyrrole nitrogens is 1. The molecule has 1 fully saturated rings. The van der Waals surface area contributed by atoms with Crippen molar-refractivity contribution in [1.82, 2.24) is 19.5 Å². The van der Waals surface area contributed by atoms with E-state index >= 15 is 0 Å². The molecule has 1 saturated heterocycles. The van der Waals surface area contributed by atoms with Crippen molar-refractivity contribution in [1.29, 1.82) is 0 Å². The Bertz CT molecular complexity index is 703. The third-order valence-electron chi connectivity index (χ3n) is 3.24. The van der Waals surface area contributed by atoms with Crippen molar-refractivity contribution in [3.8, 4) is 0 Å². The Morgan fingerprint density at radius 1 is 1.43 bits per heavy atom. The van der Waals surface area contributed by atoms with Gasteiger partial charge in [-0.15, -0.1) is 0 Å². The standard InChI is InChI=1S/C10H13N5O5.Na.H/c11-10-13-7-4(8(19)14-10)12-2-15(7)9-6(18)5(17)3(1-16)20-9;;/h2-3,5-6,9,16-18H,1H2,(H3,11,13,14,19);;/t3-,5-,6-,9-;;/m1../s1. The fourth-order valence-corrected chi connectivity index (χ4v) is 2.24. The SMILES string of the molecule is Nc1nc2c(ncn2[C@@H]2O[C@H](CO)[C@@H](O)[C@H]2O)c(=O)[nH]1.[NaH]. The fraction of sp³-hybridized carbons (Fsp3) is 0.500. The summed E-state index contributed by atoms with van der Waals surface area (Å²) in [6, 6.07) is 0. The van der Waals surface area contributed by atoms with E-state index in [-0.39, 0.29) is 46.7 Å². The molecule has 3 heterocycles. The molecule has 0 spiro atoms. The van der Waals surface area contributed by atoms with Gasteiger partial charge in [-0.05, 0) is 0 Å². The number of nitrogens with two attached hydrogens (primary N) is 1. The number of aromatic nitrogens is 4. The van der Waals surface area contributed by atoms with Gasteiger partial charge in [-0.1, -0.05) is 0 Å². The summed E-state index contributed by atoms with van der Waals surface area (Å²) in [5.74, 6) is -0.101. The number of hydrogen-bond acceptors (Lipinski definition) is 8. The van der Waals surface area contributed by atoms with E-state index in [1.807, 2.05) is 0 Å². The maximum absolute atomic E-state index is 11.7. The zero-order chi connectivity index (χ0) is 14.4. The molecule has 1 aliphatic heterocycles. The van der Waals surface area contributed by atoms with Crippen LogP contribution >= 0.6 is 0 Å². The maximum atomic E-state index is 11.7. The van der Waals surface area contributed by atoms with Gasteiger partial charge in [0.25, 0.3) is 5.56 Å². The van der Waals surface area contributed by atoms with Crippen molar-refractivity contribution in [3.05, 3.63) is 16.7 Å². The fourth-order valence-electron chi connectivity index (χ4n) is 2.24. The molecule has 0 aromatic carbocycles. The minimum atomic E-state index is -1.29. The van der Waals surface area contributed by atoms with Crippen molar-refractivity contribution in [2.24, 2.45) is 0 Å². The Balaban J connectivity index is 0.00000161. The Morgan fingerprint density at radius 2 is 2.14 bits per heavy atom. The summed E-state index contributed by atoms with van der Waals surface area (Å²) in [5.41, 5.74) is 5.12. The van der Waals surface area contributed by atoms with E-state index < -0.39 is 36.7 Å². The van der Waals surface area contributed by atoms with E-state index in [4.69, 9.17) is 15.6 Å². The second kappa shape index (κ2) is 6.01. The first-order chi connectivity index (χ1) is 9.52. The van der Waals surface area contributed by atoms with E-state index in [1.165, 1.54) is 10.9 Å². The average Bonchev–Trinajstić information content (AvgIpc) is 2.93. The molecule has 4 atom stereocenters. The van der Waals surface area contributed by atoms with Gasteiger partial charge in [0.1, 0.15) is 18.3 Å². The zero-order valence-corrected chi connectivity index (χ0v) is 10.2. The first kappa shape index (κ1) is 16.4. The van der Waals surface area contributed by atoms with Crippen LogP contribution in [0.25, 0.3) is 11.2 Å². The van der Waals surface area contributed by atoms with E-state index in [0.29, 0.717) is 0 Å². The summed E-state index contributed by atoms with van der Waals surface area (Å²) in [4.78, 5) is 21.8. The molecule has 0 saturated carbocycles.